The summed E-state index contributed by atoms with van der Waals surface area (Å²) in [6, 6.07) is 0. The van der Waals surface area contributed by atoms with Crippen LogP contribution in [0.3, 0.4) is 0 Å². The summed E-state index contributed by atoms with van der Waals surface area (Å²) in [6.45, 7) is 17.2. The second kappa shape index (κ2) is 61.2. The van der Waals surface area contributed by atoms with E-state index in [1.807, 2.05) is 20.3 Å². The quantitative estimate of drug-likeness (QED) is 0.0220. The van der Waals surface area contributed by atoms with Gasteiger partial charge < -0.3 is 35.8 Å². The Labute approximate surface area is 495 Å². The van der Waals surface area contributed by atoms with Crippen LogP contribution in [0.15, 0.2) is 0 Å². The minimum atomic E-state index is -5.19. The van der Waals surface area contributed by atoms with E-state index in [1.54, 1.807) is 0 Å². The Morgan fingerprint density at radius 2 is 0.392 bits per heavy atom. The van der Waals surface area contributed by atoms with Crippen LogP contribution in [0.5, 0.6) is 0 Å². The molecule has 0 heterocycles. The van der Waals surface area contributed by atoms with Crippen molar-refractivity contribution >= 4 is 46.9 Å². The Bertz CT molecular complexity index is 1330. The number of hydrogen-bond acceptors (Lipinski definition) is 18. The molecule has 0 aromatic rings. The summed E-state index contributed by atoms with van der Waals surface area (Å²) < 4.78 is 112. The maximum Gasteiger partial charge on any atom is 4.00 e. The third-order valence-electron chi connectivity index (χ3n) is 11.1. The zero-order valence-electron chi connectivity index (χ0n) is 50.1. The van der Waals surface area contributed by atoms with Gasteiger partial charge in [0.2, 0.25) is 0 Å². The summed E-state index contributed by atoms with van der Waals surface area (Å²) >= 11 is 0. The first-order valence-corrected chi connectivity index (χ1v) is 38.4. The molecular weight excluding hydrogens is 1180 g/mol. The predicted octanol–water partition coefficient (Wildman–Crippen LogP) is 17.2. The summed E-state index contributed by atoms with van der Waals surface area (Å²) in [5.41, 5.74) is 0. The Balaban J connectivity index is -0.000000335. The van der Waals surface area contributed by atoms with E-state index in [0.29, 0.717) is 38.5 Å². The molecule has 0 saturated heterocycles. The third-order valence-corrected chi connectivity index (χ3v) is 19.0. The molecule has 0 rings (SSSR count). The zero-order chi connectivity index (χ0) is 59.8. The molecular formula is C51H112O21P6Ti. The molecule has 0 spiro atoms. The third kappa shape index (κ3) is 75.5. The van der Waals surface area contributed by atoms with E-state index in [1.165, 1.54) is 38.5 Å². The second-order valence-corrected chi connectivity index (χ2v) is 28.2. The van der Waals surface area contributed by atoms with Gasteiger partial charge in [0.05, 0.1) is 39.6 Å². The van der Waals surface area contributed by atoms with E-state index in [9.17, 15) is 42.1 Å². The smallest absolute Gasteiger partial charge is 0.756 e. The van der Waals surface area contributed by atoms with E-state index in [-0.39, 0.29) is 61.4 Å². The van der Waals surface area contributed by atoms with Crippen molar-refractivity contribution in [3.63, 3.8) is 0 Å². The molecule has 476 valence electrons. The maximum absolute atomic E-state index is 12.3. The molecule has 0 fully saturated rings. The molecule has 0 saturated carbocycles. The van der Waals surface area contributed by atoms with Crippen LogP contribution < -0.4 is 14.7 Å². The van der Waals surface area contributed by atoms with Crippen molar-refractivity contribution in [1.29, 1.82) is 0 Å². The Hall–Kier alpha value is 1.49. The van der Waals surface area contributed by atoms with Crippen molar-refractivity contribution in [3.8, 4) is 0 Å². The first-order chi connectivity index (χ1) is 36.9. The molecule has 3 atom stereocenters. The molecule has 0 aromatic carbocycles. The van der Waals surface area contributed by atoms with Crippen molar-refractivity contribution in [2.45, 2.75) is 287 Å². The number of phosphoric ester groups is 3. The van der Waals surface area contributed by atoms with Crippen LogP contribution in [0.4, 0.5) is 0 Å². The fourth-order valence-electron chi connectivity index (χ4n) is 6.98. The van der Waals surface area contributed by atoms with Crippen molar-refractivity contribution in [2.75, 3.05) is 39.6 Å². The van der Waals surface area contributed by atoms with Gasteiger partial charge in [-0.1, -0.05) is 234 Å². The molecule has 3 unspecified atom stereocenters. The summed E-state index contributed by atoms with van der Waals surface area (Å²) in [5.74, 6) is 0. The zero-order valence-corrected chi connectivity index (χ0v) is 57.1. The molecule has 0 amide bonds. The summed E-state index contributed by atoms with van der Waals surface area (Å²) in [6.07, 6.45) is 38.2. The van der Waals surface area contributed by atoms with Crippen LogP contribution in [-0.2, 0) is 89.2 Å². The van der Waals surface area contributed by atoms with Gasteiger partial charge in [-0.2, -0.15) is 13.8 Å². The largest absolute Gasteiger partial charge is 4.00 e. The van der Waals surface area contributed by atoms with Gasteiger partial charge >= 0.3 is 45.2 Å². The van der Waals surface area contributed by atoms with Crippen molar-refractivity contribution in [1.82, 2.24) is 0 Å². The monoisotopic (exact) mass is 1290 g/mol. The molecule has 21 nitrogen and oxygen atoms in total. The average Bonchev–Trinajstić information content (AvgIpc) is 3.34. The van der Waals surface area contributed by atoms with Gasteiger partial charge in [0, 0.05) is 0 Å². The van der Waals surface area contributed by atoms with Gasteiger partial charge in [-0.05, 0) is 38.5 Å². The number of phosphoric acid groups is 6. The van der Waals surface area contributed by atoms with Crippen LogP contribution in [0.2, 0.25) is 0 Å². The number of hydrogen-bond donors (Lipinski definition) is 3. The standard InChI is InChI=1S/3C16H36O7P2.C3H7.Ti/c3*1-3-5-7-9-11-13-15-21-25(20,23-24(17,18)19)22-16-14-12-10-8-6-4-2;1-3-2;/h3*3-16H2,1-2H3,(H2,17,18,19);3H,1-2H3;/q;;;-1;+4/p-3. The van der Waals surface area contributed by atoms with Crippen molar-refractivity contribution in [3.05, 3.63) is 6.42 Å². The summed E-state index contributed by atoms with van der Waals surface area (Å²) in [4.78, 5) is 59.1. The van der Waals surface area contributed by atoms with Crippen LogP contribution in [0, 0.1) is 6.42 Å². The molecule has 0 bridgehead atoms. The molecule has 0 aliphatic heterocycles. The van der Waals surface area contributed by atoms with Crippen LogP contribution in [0.1, 0.15) is 287 Å². The SMILES string of the molecule is CCCCCCCCOP(=O)(OCCCCCCCC)OP(=O)([O-])O.CCCCCCCCOP(=O)(OCCCCCCCC)OP(=O)([O-])O.CCCCCCCCOP(=O)(OCCCCCCCC)OP(=O)([O-])O.C[CH-]C.[Ti+4]. The van der Waals surface area contributed by atoms with Gasteiger partial charge in [0.25, 0.3) is 23.5 Å². The van der Waals surface area contributed by atoms with E-state index >= 15 is 0 Å². The topological polar surface area (TPSA) is 315 Å². The predicted molar refractivity (Wildman–Crippen MR) is 307 cm³/mol. The molecule has 0 aromatic heterocycles. The Morgan fingerprint density at radius 3 is 0.506 bits per heavy atom. The molecule has 0 radical (unpaired) electrons. The molecule has 28 heteroatoms. The fourth-order valence-corrected chi connectivity index (χ4v) is 13.5. The van der Waals surface area contributed by atoms with Gasteiger partial charge in [-0.25, -0.2) is 26.6 Å². The van der Waals surface area contributed by atoms with E-state index in [4.69, 9.17) is 41.8 Å². The van der Waals surface area contributed by atoms with Gasteiger partial charge in [0.15, 0.2) is 0 Å². The Morgan fingerprint density at radius 1 is 0.278 bits per heavy atom. The van der Waals surface area contributed by atoms with Crippen LogP contribution >= 0.6 is 46.9 Å². The normalized spacial score (nSPS) is 14.1. The molecule has 3 N–H and O–H groups in total. The molecule has 79 heavy (non-hydrogen) atoms. The van der Waals surface area contributed by atoms with Gasteiger partial charge in [0.1, 0.15) is 0 Å². The average molecular weight is 1300 g/mol. The van der Waals surface area contributed by atoms with E-state index < -0.39 is 46.9 Å². The fraction of sp³-hybridized carbons (Fsp3) is 0.980. The molecule has 0 aliphatic rings. The summed E-state index contributed by atoms with van der Waals surface area (Å²) in [5, 5.41) is 0. The van der Waals surface area contributed by atoms with Gasteiger partial charge in [-0.3, -0.25) is 40.8 Å². The van der Waals surface area contributed by atoms with Gasteiger partial charge in [-0.15, -0.1) is 0 Å². The van der Waals surface area contributed by atoms with Crippen LogP contribution in [-0.4, -0.2) is 54.3 Å². The molecule has 0 aliphatic carbocycles. The van der Waals surface area contributed by atoms with Crippen LogP contribution in [0.25, 0.3) is 0 Å². The Kier molecular flexibility index (Phi) is 69.1. The summed E-state index contributed by atoms with van der Waals surface area (Å²) in [7, 11) is -28.4. The van der Waals surface area contributed by atoms with E-state index in [0.717, 1.165) is 154 Å². The number of rotatable bonds is 54. The van der Waals surface area contributed by atoms with E-state index in [2.05, 4.69) is 54.5 Å². The number of unbranched alkanes of at least 4 members (excludes halogenated alkanes) is 30. The second-order valence-electron chi connectivity index (χ2n) is 19.2. The minimum absolute atomic E-state index is 0. The van der Waals surface area contributed by atoms with Crippen molar-refractivity contribution < 1.29 is 119 Å². The maximum atomic E-state index is 12.3. The first-order valence-electron chi connectivity index (χ1n) is 29.6. The minimum Gasteiger partial charge on any atom is -0.756 e. The van der Waals surface area contributed by atoms with Crippen molar-refractivity contribution in [2.24, 2.45) is 0 Å². The first kappa shape index (κ1) is 89.3.